The van der Waals surface area contributed by atoms with Gasteiger partial charge in [-0.1, -0.05) is 20.8 Å². The topological polar surface area (TPSA) is 55.9 Å². The summed E-state index contributed by atoms with van der Waals surface area (Å²) in [6.45, 7) is 6.35. The van der Waals surface area contributed by atoms with Gasteiger partial charge in [0.1, 0.15) is 5.82 Å². The van der Waals surface area contributed by atoms with Crippen LogP contribution in [0.5, 0.6) is 0 Å². The fourth-order valence-electron chi connectivity index (χ4n) is 2.39. The van der Waals surface area contributed by atoms with Crippen molar-refractivity contribution in [3.05, 3.63) is 35.7 Å². The van der Waals surface area contributed by atoms with Gasteiger partial charge in [-0.3, -0.25) is 4.68 Å². The Morgan fingerprint density at radius 1 is 1.30 bits per heavy atom. The molecule has 0 spiro atoms. The molecule has 0 aliphatic carbocycles. The van der Waals surface area contributed by atoms with Gasteiger partial charge in [0.2, 0.25) is 0 Å². The molecule has 0 amide bonds. The summed E-state index contributed by atoms with van der Waals surface area (Å²) >= 11 is 0. The molecular formula is C15H24N4O. The first kappa shape index (κ1) is 14.8. The summed E-state index contributed by atoms with van der Waals surface area (Å²) < 4.78 is 3.76. The summed E-state index contributed by atoms with van der Waals surface area (Å²) in [4.78, 5) is 4.29. The Balaban J connectivity index is 2.13. The number of aliphatic hydroxyl groups excluding tert-OH is 1. The molecular weight excluding hydrogens is 252 g/mol. The van der Waals surface area contributed by atoms with Gasteiger partial charge in [-0.2, -0.15) is 5.10 Å². The molecule has 2 heterocycles. The molecule has 2 aromatic heterocycles. The molecule has 5 heteroatoms. The second kappa shape index (κ2) is 5.40. The molecule has 0 saturated carbocycles. The van der Waals surface area contributed by atoms with Gasteiger partial charge in [0.15, 0.2) is 0 Å². The lowest BCUT2D eigenvalue weighted by Gasteiger charge is -2.19. The average Bonchev–Trinajstić information content (AvgIpc) is 2.92. The van der Waals surface area contributed by atoms with Crippen LogP contribution in [0.2, 0.25) is 0 Å². The summed E-state index contributed by atoms with van der Waals surface area (Å²) in [5.74, 6) is 0.991. The summed E-state index contributed by atoms with van der Waals surface area (Å²) in [5, 5.41) is 15.0. The van der Waals surface area contributed by atoms with E-state index >= 15 is 0 Å². The zero-order chi connectivity index (χ0) is 14.9. The third-order valence-electron chi connectivity index (χ3n) is 3.49. The van der Waals surface area contributed by atoms with E-state index in [4.69, 9.17) is 0 Å². The predicted octanol–water partition coefficient (Wildman–Crippen LogP) is 2.12. The van der Waals surface area contributed by atoms with Gasteiger partial charge in [0.05, 0.1) is 11.8 Å². The maximum absolute atomic E-state index is 10.5. The largest absolute Gasteiger partial charge is 0.388 e. The number of nitrogens with zero attached hydrogens (tertiary/aromatic N) is 4. The first-order valence-electron chi connectivity index (χ1n) is 6.97. The van der Waals surface area contributed by atoms with Gasteiger partial charge in [-0.05, 0) is 6.42 Å². The maximum Gasteiger partial charge on any atom is 0.108 e. The van der Waals surface area contributed by atoms with E-state index in [2.05, 4.69) is 30.9 Å². The van der Waals surface area contributed by atoms with Crippen molar-refractivity contribution in [3.8, 4) is 0 Å². The zero-order valence-electron chi connectivity index (χ0n) is 13.0. The molecule has 2 aromatic rings. The second-order valence-electron chi connectivity index (χ2n) is 6.37. The van der Waals surface area contributed by atoms with Crippen LogP contribution in [0.25, 0.3) is 0 Å². The molecule has 1 unspecified atom stereocenters. The SMILES string of the molecule is Cn1cc(C(O)CCc2nccn2C)c(C(C)(C)C)n1. The van der Waals surface area contributed by atoms with E-state index in [1.807, 2.05) is 31.1 Å². The van der Waals surface area contributed by atoms with Crippen LogP contribution in [0.4, 0.5) is 0 Å². The van der Waals surface area contributed by atoms with Crippen LogP contribution in [0.1, 0.15) is 50.4 Å². The van der Waals surface area contributed by atoms with Crippen LogP contribution in [0.15, 0.2) is 18.6 Å². The second-order valence-corrected chi connectivity index (χ2v) is 6.37. The highest BCUT2D eigenvalue weighted by atomic mass is 16.3. The van der Waals surface area contributed by atoms with Gasteiger partial charge < -0.3 is 9.67 Å². The summed E-state index contributed by atoms with van der Waals surface area (Å²) in [6, 6.07) is 0. The van der Waals surface area contributed by atoms with Gasteiger partial charge in [-0.25, -0.2) is 4.98 Å². The Labute approximate surface area is 120 Å². The number of hydrogen-bond acceptors (Lipinski definition) is 3. The van der Waals surface area contributed by atoms with Crippen LogP contribution < -0.4 is 0 Å². The minimum atomic E-state index is -0.505. The number of rotatable bonds is 4. The predicted molar refractivity (Wildman–Crippen MR) is 78.4 cm³/mol. The summed E-state index contributed by atoms with van der Waals surface area (Å²) in [7, 11) is 3.86. The van der Waals surface area contributed by atoms with E-state index in [9.17, 15) is 5.11 Å². The van der Waals surface area contributed by atoms with E-state index in [-0.39, 0.29) is 5.41 Å². The quantitative estimate of drug-likeness (QED) is 0.930. The van der Waals surface area contributed by atoms with E-state index < -0.39 is 6.10 Å². The van der Waals surface area contributed by atoms with E-state index in [1.54, 1.807) is 10.9 Å². The Hall–Kier alpha value is -1.62. The zero-order valence-corrected chi connectivity index (χ0v) is 13.0. The van der Waals surface area contributed by atoms with Crippen molar-refractivity contribution in [2.45, 2.75) is 45.1 Å². The van der Waals surface area contributed by atoms with Crippen LogP contribution in [0, 0.1) is 0 Å². The third kappa shape index (κ3) is 3.10. The highest BCUT2D eigenvalue weighted by Crippen LogP contribution is 2.30. The van der Waals surface area contributed by atoms with Gasteiger partial charge in [0, 0.05) is 50.1 Å². The van der Waals surface area contributed by atoms with Crippen molar-refractivity contribution in [1.82, 2.24) is 19.3 Å². The lowest BCUT2D eigenvalue weighted by atomic mass is 9.87. The van der Waals surface area contributed by atoms with Crippen LogP contribution in [0.3, 0.4) is 0 Å². The van der Waals surface area contributed by atoms with Crippen molar-refractivity contribution in [2.75, 3.05) is 0 Å². The highest BCUT2D eigenvalue weighted by molar-refractivity contribution is 5.26. The molecule has 0 saturated heterocycles. The van der Waals surface area contributed by atoms with Gasteiger partial charge in [0.25, 0.3) is 0 Å². The van der Waals surface area contributed by atoms with Gasteiger partial charge >= 0.3 is 0 Å². The van der Waals surface area contributed by atoms with Gasteiger partial charge in [-0.15, -0.1) is 0 Å². The van der Waals surface area contributed by atoms with Crippen molar-refractivity contribution >= 4 is 0 Å². The average molecular weight is 276 g/mol. The minimum Gasteiger partial charge on any atom is -0.388 e. The monoisotopic (exact) mass is 276 g/mol. The van der Waals surface area contributed by atoms with E-state index in [0.29, 0.717) is 6.42 Å². The van der Waals surface area contributed by atoms with E-state index in [0.717, 1.165) is 23.5 Å². The molecule has 5 nitrogen and oxygen atoms in total. The first-order chi connectivity index (χ1) is 9.29. The molecule has 1 atom stereocenters. The molecule has 0 radical (unpaired) electrons. The van der Waals surface area contributed by atoms with Crippen LogP contribution in [-0.2, 0) is 25.9 Å². The molecule has 0 aromatic carbocycles. The molecule has 2 rings (SSSR count). The normalized spacial score (nSPS) is 13.7. The fourth-order valence-corrected chi connectivity index (χ4v) is 2.39. The molecule has 110 valence electrons. The number of hydrogen-bond donors (Lipinski definition) is 1. The molecule has 0 aliphatic heterocycles. The first-order valence-corrected chi connectivity index (χ1v) is 6.97. The minimum absolute atomic E-state index is 0.0687. The number of imidazole rings is 1. The lowest BCUT2D eigenvalue weighted by Crippen LogP contribution is -2.16. The van der Waals surface area contributed by atoms with Crippen molar-refractivity contribution < 1.29 is 5.11 Å². The third-order valence-corrected chi connectivity index (χ3v) is 3.49. The number of aromatic nitrogens is 4. The fraction of sp³-hybridized carbons (Fsp3) is 0.600. The summed E-state index contributed by atoms with van der Waals surface area (Å²) in [6.07, 6.45) is 6.53. The van der Waals surface area contributed by atoms with Crippen LogP contribution >= 0.6 is 0 Å². The summed E-state index contributed by atoms with van der Waals surface area (Å²) in [5.41, 5.74) is 1.82. The molecule has 0 bridgehead atoms. The molecule has 0 fully saturated rings. The Morgan fingerprint density at radius 2 is 2.00 bits per heavy atom. The Morgan fingerprint density at radius 3 is 2.55 bits per heavy atom. The lowest BCUT2D eigenvalue weighted by molar-refractivity contribution is 0.164. The standard InChI is InChI=1S/C15H24N4O/c1-15(2,3)14-11(10-19(5)17-14)12(20)6-7-13-16-8-9-18(13)4/h8-10,12,20H,6-7H2,1-5H3. The smallest absolute Gasteiger partial charge is 0.108 e. The number of aliphatic hydroxyl groups is 1. The molecule has 20 heavy (non-hydrogen) atoms. The van der Waals surface area contributed by atoms with Crippen molar-refractivity contribution in [2.24, 2.45) is 14.1 Å². The molecule has 0 aliphatic rings. The highest BCUT2D eigenvalue weighted by Gasteiger charge is 2.25. The van der Waals surface area contributed by atoms with Crippen molar-refractivity contribution in [3.63, 3.8) is 0 Å². The maximum atomic E-state index is 10.5. The Kier molecular flexibility index (Phi) is 3.99. The van der Waals surface area contributed by atoms with E-state index in [1.165, 1.54) is 0 Å². The molecule has 1 N–H and O–H groups in total. The van der Waals surface area contributed by atoms with Crippen LogP contribution in [-0.4, -0.2) is 24.4 Å². The number of aryl methyl sites for hydroxylation is 3. The van der Waals surface area contributed by atoms with Crippen molar-refractivity contribution in [1.29, 1.82) is 0 Å². The Bertz CT molecular complexity index is 577.